The Balaban J connectivity index is 1.44. The number of nitrogens with one attached hydrogen (secondary N) is 1. The summed E-state index contributed by atoms with van der Waals surface area (Å²) >= 11 is 0. The highest BCUT2D eigenvalue weighted by molar-refractivity contribution is 6.08. The number of rotatable bonds is 8. The number of hydrogen-bond donors (Lipinski definition) is 1. The first kappa shape index (κ1) is 23.5. The molecule has 36 heavy (non-hydrogen) atoms. The van der Waals surface area contributed by atoms with Gasteiger partial charge in [0.1, 0.15) is 5.75 Å². The second-order valence-corrected chi connectivity index (χ2v) is 8.93. The summed E-state index contributed by atoms with van der Waals surface area (Å²) in [5.41, 5.74) is 5.49. The van der Waals surface area contributed by atoms with Crippen molar-refractivity contribution in [3.05, 3.63) is 108 Å². The molecule has 0 bridgehead atoms. The van der Waals surface area contributed by atoms with E-state index < -0.39 is 0 Å². The van der Waals surface area contributed by atoms with Gasteiger partial charge in [-0.2, -0.15) is 0 Å². The molecule has 182 valence electrons. The van der Waals surface area contributed by atoms with Crippen molar-refractivity contribution in [2.24, 2.45) is 0 Å². The normalized spacial score (nSPS) is 11.1. The van der Waals surface area contributed by atoms with Gasteiger partial charge in [0.25, 0.3) is 0 Å². The lowest BCUT2D eigenvalue weighted by Gasteiger charge is -2.24. The molecule has 0 aliphatic carbocycles. The number of para-hydroxylation sites is 1. The van der Waals surface area contributed by atoms with Gasteiger partial charge in [0.05, 0.1) is 7.11 Å². The topological polar surface area (TPSA) is 46.5 Å². The molecule has 5 nitrogen and oxygen atoms in total. The molecule has 1 aromatic heterocycles. The summed E-state index contributed by atoms with van der Waals surface area (Å²) in [6, 6.07) is 32.7. The first-order chi connectivity index (χ1) is 17.7. The first-order valence-corrected chi connectivity index (χ1v) is 12.4. The quantitative estimate of drug-likeness (QED) is 0.259. The molecule has 0 saturated heterocycles. The number of fused-ring (bicyclic) bond motifs is 3. The number of anilines is 1. The van der Waals surface area contributed by atoms with E-state index >= 15 is 0 Å². The maximum Gasteiger partial charge on any atom is 0.322 e. The van der Waals surface area contributed by atoms with Crippen molar-refractivity contribution in [2.45, 2.75) is 26.4 Å². The summed E-state index contributed by atoms with van der Waals surface area (Å²) in [6.45, 7) is 4.21. The van der Waals surface area contributed by atoms with Gasteiger partial charge in [0, 0.05) is 53.2 Å². The van der Waals surface area contributed by atoms with Crippen LogP contribution in [0.15, 0.2) is 97.1 Å². The number of carbonyl (C=O) groups is 1. The molecule has 0 unspecified atom stereocenters. The Bertz CT molecular complexity index is 1490. The second-order valence-electron chi connectivity index (χ2n) is 8.93. The van der Waals surface area contributed by atoms with E-state index in [1.807, 2.05) is 47.4 Å². The zero-order chi connectivity index (χ0) is 24.9. The molecule has 1 N–H and O–H groups in total. The number of carbonyl (C=O) groups excluding carboxylic acids is 1. The molecule has 0 atom stereocenters. The largest absolute Gasteiger partial charge is 0.497 e. The van der Waals surface area contributed by atoms with Gasteiger partial charge in [-0.1, -0.05) is 60.7 Å². The minimum Gasteiger partial charge on any atom is -0.497 e. The van der Waals surface area contributed by atoms with Gasteiger partial charge in [0.2, 0.25) is 0 Å². The minimum absolute atomic E-state index is 0.129. The van der Waals surface area contributed by atoms with Crippen LogP contribution in [0.5, 0.6) is 5.75 Å². The monoisotopic (exact) mass is 477 g/mol. The standard InChI is InChI=1S/C31H31N3O2/c1-3-34-29-15-8-7-14-27(29)28-20-24(16-17-30(28)34)22-33(19-18-23-10-5-4-6-11-23)31(35)32-25-12-9-13-26(21-25)36-2/h4-17,20-21H,3,18-19,22H2,1-2H3,(H,32,35). The van der Waals surface area contributed by atoms with Gasteiger partial charge in [-0.25, -0.2) is 4.79 Å². The highest BCUT2D eigenvalue weighted by atomic mass is 16.5. The summed E-state index contributed by atoms with van der Waals surface area (Å²) in [4.78, 5) is 15.3. The van der Waals surface area contributed by atoms with Gasteiger partial charge >= 0.3 is 6.03 Å². The molecule has 5 heteroatoms. The van der Waals surface area contributed by atoms with E-state index in [-0.39, 0.29) is 6.03 Å². The van der Waals surface area contributed by atoms with Crippen molar-refractivity contribution >= 4 is 33.5 Å². The van der Waals surface area contributed by atoms with E-state index in [0.29, 0.717) is 24.5 Å². The number of aryl methyl sites for hydroxylation is 1. The SMILES string of the molecule is CCn1c2ccccc2c2cc(CN(CCc3ccccc3)C(=O)Nc3cccc(OC)c3)ccc21. The first-order valence-electron chi connectivity index (χ1n) is 12.4. The zero-order valence-corrected chi connectivity index (χ0v) is 20.8. The summed E-state index contributed by atoms with van der Waals surface area (Å²) in [7, 11) is 1.62. The maximum atomic E-state index is 13.4. The van der Waals surface area contributed by atoms with Crippen molar-refractivity contribution in [1.29, 1.82) is 0 Å². The zero-order valence-electron chi connectivity index (χ0n) is 20.8. The minimum atomic E-state index is -0.129. The number of nitrogens with zero attached hydrogens (tertiary/aromatic N) is 2. The number of aromatic nitrogens is 1. The lowest BCUT2D eigenvalue weighted by atomic mass is 10.1. The van der Waals surface area contributed by atoms with Crippen molar-refractivity contribution in [2.75, 3.05) is 19.0 Å². The molecule has 0 radical (unpaired) electrons. The van der Waals surface area contributed by atoms with E-state index in [9.17, 15) is 4.79 Å². The maximum absolute atomic E-state index is 13.4. The average Bonchev–Trinajstić information content (AvgIpc) is 3.24. The van der Waals surface area contributed by atoms with E-state index in [1.54, 1.807) is 7.11 Å². The van der Waals surface area contributed by atoms with Crippen molar-refractivity contribution in [3.8, 4) is 5.75 Å². The fourth-order valence-corrected chi connectivity index (χ4v) is 4.82. The van der Waals surface area contributed by atoms with Crippen LogP contribution in [0.2, 0.25) is 0 Å². The van der Waals surface area contributed by atoms with Gasteiger partial charge < -0.3 is 19.5 Å². The predicted molar refractivity (Wildman–Crippen MR) is 148 cm³/mol. The number of benzene rings is 4. The Hall–Kier alpha value is -4.25. The van der Waals surface area contributed by atoms with Crippen LogP contribution >= 0.6 is 0 Å². The molecular weight excluding hydrogens is 446 g/mol. The van der Waals surface area contributed by atoms with Crippen LogP contribution in [0.1, 0.15) is 18.1 Å². The van der Waals surface area contributed by atoms with Crippen molar-refractivity contribution in [1.82, 2.24) is 9.47 Å². The van der Waals surface area contributed by atoms with E-state index in [4.69, 9.17) is 4.74 Å². The van der Waals surface area contributed by atoms with Crippen LogP contribution in [-0.4, -0.2) is 29.2 Å². The van der Waals surface area contributed by atoms with Crippen molar-refractivity contribution < 1.29 is 9.53 Å². The number of urea groups is 1. The fraction of sp³-hybridized carbons (Fsp3) is 0.194. The highest BCUT2D eigenvalue weighted by Gasteiger charge is 2.17. The van der Waals surface area contributed by atoms with Gasteiger partial charge in [-0.3, -0.25) is 0 Å². The Morgan fingerprint density at radius 2 is 1.61 bits per heavy atom. The fourth-order valence-electron chi connectivity index (χ4n) is 4.82. The molecule has 0 fully saturated rings. The molecule has 0 saturated carbocycles. The van der Waals surface area contributed by atoms with Gasteiger partial charge in [-0.15, -0.1) is 0 Å². The summed E-state index contributed by atoms with van der Waals surface area (Å²) in [5, 5.41) is 5.52. The van der Waals surface area contributed by atoms with Crippen LogP contribution in [0.25, 0.3) is 21.8 Å². The van der Waals surface area contributed by atoms with Gasteiger partial charge in [0.15, 0.2) is 0 Å². The molecule has 5 rings (SSSR count). The lowest BCUT2D eigenvalue weighted by Crippen LogP contribution is -2.36. The smallest absolute Gasteiger partial charge is 0.322 e. The summed E-state index contributed by atoms with van der Waals surface area (Å²) in [5.74, 6) is 0.710. The third-order valence-corrected chi connectivity index (χ3v) is 6.65. The number of ether oxygens (including phenoxy) is 1. The number of amides is 2. The van der Waals surface area contributed by atoms with Gasteiger partial charge in [-0.05, 0) is 54.8 Å². The third kappa shape index (κ3) is 4.91. The molecule has 0 spiro atoms. The molecule has 5 aromatic rings. The second kappa shape index (κ2) is 10.6. The van der Waals surface area contributed by atoms with Crippen LogP contribution in [0.3, 0.4) is 0 Å². The summed E-state index contributed by atoms with van der Waals surface area (Å²) in [6.07, 6.45) is 0.782. The van der Waals surface area contributed by atoms with Crippen molar-refractivity contribution in [3.63, 3.8) is 0 Å². The average molecular weight is 478 g/mol. The van der Waals surface area contributed by atoms with Crippen LogP contribution in [0, 0.1) is 0 Å². The Morgan fingerprint density at radius 3 is 2.42 bits per heavy atom. The predicted octanol–water partition coefficient (Wildman–Crippen LogP) is 7.10. The Labute approximate surface area is 211 Å². The summed E-state index contributed by atoms with van der Waals surface area (Å²) < 4.78 is 7.66. The molecule has 0 aliphatic heterocycles. The molecular formula is C31H31N3O2. The molecule has 4 aromatic carbocycles. The van der Waals surface area contributed by atoms with E-state index in [2.05, 4.69) is 71.4 Å². The molecule has 1 heterocycles. The third-order valence-electron chi connectivity index (χ3n) is 6.65. The highest BCUT2D eigenvalue weighted by Crippen LogP contribution is 2.30. The molecule has 2 amide bonds. The van der Waals surface area contributed by atoms with E-state index in [0.717, 1.165) is 18.5 Å². The Morgan fingerprint density at radius 1 is 0.833 bits per heavy atom. The van der Waals surface area contributed by atoms with Crippen LogP contribution in [0.4, 0.5) is 10.5 Å². The lowest BCUT2D eigenvalue weighted by molar-refractivity contribution is 0.210. The number of hydrogen-bond acceptors (Lipinski definition) is 2. The van der Waals surface area contributed by atoms with Crippen LogP contribution in [-0.2, 0) is 19.5 Å². The van der Waals surface area contributed by atoms with E-state index in [1.165, 1.54) is 27.4 Å². The Kier molecular flexibility index (Phi) is 6.89. The molecule has 0 aliphatic rings. The van der Waals surface area contributed by atoms with Crippen LogP contribution < -0.4 is 10.1 Å². The number of methoxy groups -OCH3 is 1.